The summed E-state index contributed by atoms with van der Waals surface area (Å²) in [6, 6.07) is 19.1. The van der Waals surface area contributed by atoms with E-state index in [1.165, 1.54) is 0 Å². The summed E-state index contributed by atoms with van der Waals surface area (Å²) in [4.78, 5) is 26.9. The Bertz CT molecular complexity index is 792. The van der Waals surface area contributed by atoms with Gasteiger partial charge in [-0.25, -0.2) is 9.59 Å². The van der Waals surface area contributed by atoms with Crippen molar-refractivity contribution in [3.05, 3.63) is 71.8 Å². The first-order valence-corrected chi connectivity index (χ1v) is 9.72. The van der Waals surface area contributed by atoms with Gasteiger partial charge in [-0.05, 0) is 31.2 Å². The Morgan fingerprint density at radius 2 is 1.50 bits per heavy atom. The Labute approximate surface area is 164 Å². The summed E-state index contributed by atoms with van der Waals surface area (Å²) in [7, 11) is 0. The van der Waals surface area contributed by atoms with Crippen molar-refractivity contribution in [3.8, 4) is 0 Å². The van der Waals surface area contributed by atoms with Gasteiger partial charge in [-0.15, -0.1) is 0 Å². The molecule has 1 N–H and O–H groups in total. The van der Waals surface area contributed by atoms with Crippen LogP contribution in [-0.2, 0) is 16.1 Å². The highest BCUT2D eigenvalue weighted by Crippen LogP contribution is 2.38. The first-order chi connectivity index (χ1) is 13.7. The summed E-state index contributed by atoms with van der Waals surface area (Å²) in [5.74, 6) is 0. The zero-order chi connectivity index (χ0) is 19.3. The van der Waals surface area contributed by atoms with Crippen molar-refractivity contribution < 1.29 is 19.1 Å². The number of alkyl carbamates (subject to hydrolysis) is 1. The highest BCUT2D eigenvalue weighted by atomic mass is 16.6. The standard InChI is InChI=1S/C22H24N2O4/c25-21(27-15-16-7-3-1-4-8-16)23-20(17-9-5-2-6-10-17)28-22(26)24-18-11-12-19(24)14-13-18/h1-10,18-20H,11-15H2,(H,23,25). The molecule has 6 heteroatoms. The summed E-state index contributed by atoms with van der Waals surface area (Å²) in [6.07, 6.45) is 2.23. The van der Waals surface area contributed by atoms with E-state index in [2.05, 4.69) is 5.32 Å². The van der Waals surface area contributed by atoms with Gasteiger partial charge in [-0.2, -0.15) is 0 Å². The molecule has 4 rings (SSSR count). The van der Waals surface area contributed by atoms with Crippen molar-refractivity contribution >= 4 is 12.2 Å². The van der Waals surface area contributed by atoms with E-state index in [0.29, 0.717) is 5.56 Å². The van der Waals surface area contributed by atoms with Crippen LogP contribution in [0, 0.1) is 0 Å². The molecular weight excluding hydrogens is 356 g/mol. The second-order valence-corrected chi connectivity index (χ2v) is 7.25. The van der Waals surface area contributed by atoms with Crippen molar-refractivity contribution in [1.29, 1.82) is 0 Å². The Morgan fingerprint density at radius 3 is 2.11 bits per heavy atom. The minimum atomic E-state index is -0.892. The molecule has 2 amide bonds. The number of rotatable bonds is 5. The van der Waals surface area contributed by atoms with Crippen molar-refractivity contribution in [2.75, 3.05) is 0 Å². The van der Waals surface area contributed by atoms with Crippen LogP contribution in [-0.4, -0.2) is 29.2 Å². The van der Waals surface area contributed by atoms with Crippen molar-refractivity contribution in [3.63, 3.8) is 0 Å². The van der Waals surface area contributed by atoms with Crippen LogP contribution < -0.4 is 5.32 Å². The summed E-state index contributed by atoms with van der Waals surface area (Å²) < 4.78 is 11.0. The average molecular weight is 380 g/mol. The highest BCUT2D eigenvalue weighted by molar-refractivity contribution is 5.71. The molecule has 2 saturated heterocycles. The molecule has 0 radical (unpaired) electrons. The van der Waals surface area contributed by atoms with E-state index in [1.807, 2.05) is 65.6 Å². The maximum Gasteiger partial charge on any atom is 0.412 e. The van der Waals surface area contributed by atoms with Gasteiger partial charge in [-0.1, -0.05) is 60.7 Å². The van der Waals surface area contributed by atoms with Crippen LogP contribution in [0.25, 0.3) is 0 Å². The molecule has 1 unspecified atom stereocenters. The van der Waals surface area contributed by atoms with Crippen LogP contribution >= 0.6 is 0 Å². The third-order valence-electron chi connectivity index (χ3n) is 5.45. The molecule has 2 bridgehead atoms. The lowest BCUT2D eigenvalue weighted by atomic mass is 10.0. The SMILES string of the molecule is O=C(NC(OC(=O)N1C2CCC1CC2)c1ccccc1)OCc1ccccc1. The number of nitrogens with zero attached hydrogens (tertiary/aromatic N) is 1. The van der Waals surface area contributed by atoms with E-state index in [9.17, 15) is 9.59 Å². The fraction of sp³-hybridized carbons (Fsp3) is 0.364. The summed E-state index contributed by atoms with van der Waals surface area (Å²) in [6.45, 7) is 0.151. The quantitative estimate of drug-likeness (QED) is 0.782. The second kappa shape index (κ2) is 8.33. The summed E-state index contributed by atoms with van der Waals surface area (Å²) >= 11 is 0. The minimum absolute atomic E-state index is 0.151. The third kappa shape index (κ3) is 4.11. The molecule has 2 heterocycles. The number of carbonyl (C=O) groups is 2. The molecule has 2 fully saturated rings. The predicted molar refractivity (Wildman–Crippen MR) is 103 cm³/mol. The summed E-state index contributed by atoms with van der Waals surface area (Å²) in [5.41, 5.74) is 1.58. The van der Waals surface area contributed by atoms with Crippen molar-refractivity contribution in [2.45, 2.75) is 50.6 Å². The van der Waals surface area contributed by atoms with E-state index in [4.69, 9.17) is 9.47 Å². The first kappa shape index (κ1) is 18.3. The molecule has 1 atom stereocenters. The van der Waals surface area contributed by atoms with Gasteiger partial charge in [0.05, 0.1) is 0 Å². The van der Waals surface area contributed by atoms with E-state index < -0.39 is 12.3 Å². The number of benzene rings is 2. The summed E-state index contributed by atoms with van der Waals surface area (Å²) in [5, 5.41) is 2.68. The van der Waals surface area contributed by atoms with Gasteiger partial charge in [0.25, 0.3) is 0 Å². The first-order valence-electron chi connectivity index (χ1n) is 9.72. The number of amides is 2. The van der Waals surface area contributed by atoms with Crippen LogP contribution in [0.5, 0.6) is 0 Å². The van der Waals surface area contributed by atoms with E-state index in [-0.39, 0.29) is 24.8 Å². The largest absolute Gasteiger partial charge is 0.445 e. The molecule has 28 heavy (non-hydrogen) atoms. The fourth-order valence-electron chi connectivity index (χ4n) is 4.05. The Kier molecular flexibility index (Phi) is 5.46. The van der Waals surface area contributed by atoms with Gasteiger partial charge >= 0.3 is 12.2 Å². The van der Waals surface area contributed by atoms with Gasteiger partial charge in [0.2, 0.25) is 6.23 Å². The van der Waals surface area contributed by atoms with E-state index in [0.717, 1.165) is 31.2 Å². The predicted octanol–water partition coefficient (Wildman–Crippen LogP) is 4.38. The van der Waals surface area contributed by atoms with Gasteiger partial charge in [0.15, 0.2) is 0 Å². The number of fused-ring (bicyclic) bond motifs is 2. The van der Waals surface area contributed by atoms with Gasteiger partial charge in [0, 0.05) is 17.6 Å². The molecule has 0 saturated carbocycles. The third-order valence-corrected chi connectivity index (χ3v) is 5.45. The number of carbonyl (C=O) groups excluding carboxylic acids is 2. The normalized spacial score (nSPS) is 21.2. The fourth-order valence-corrected chi connectivity index (χ4v) is 4.05. The van der Waals surface area contributed by atoms with Crippen molar-refractivity contribution in [1.82, 2.24) is 10.2 Å². The minimum Gasteiger partial charge on any atom is -0.445 e. The lowest BCUT2D eigenvalue weighted by molar-refractivity contribution is 0.0381. The number of ether oxygens (including phenoxy) is 2. The van der Waals surface area contributed by atoms with Crippen molar-refractivity contribution in [2.24, 2.45) is 0 Å². The topological polar surface area (TPSA) is 67.9 Å². The van der Waals surface area contributed by atoms with Crippen LogP contribution in [0.2, 0.25) is 0 Å². The molecule has 2 aromatic rings. The van der Waals surface area contributed by atoms with Gasteiger partial charge < -0.3 is 14.4 Å². The molecular formula is C22H24N2O4. The Morgan fingerprint density at radius 1 is 0.929 bits per heavy atom. The molecule has 0 aromatic heterocycles. The highest BCUT2D eigenvalue weighted by Gasteiger charge is 2.43. The van der Waals surface area contributed by atoms with Crippen LogP contribution in [0.3, 0.4) is 0 Å². The molecule has 2 aliphatic heterocycles. The van der Waals surface area contributed by atoms with E-state index >= 15 is 0 Å². The van der Waals surface area contributed by atoms with Crippen LogP contribution in [0.15, 0.2) is 60.7 Å². The molecule has 2 aromatic carbocycles. The maximum atomic E-state index is 12.8. The number of nitrogens with one attached hydrogen (secondary N) is 1. The second-order valence-electron chi connectivity index (χ2n) is 7.25. The molecule has 2 aliphatic rings. The van der Waals surface area contributed by atoms with Crippen LogP contribution in [0.4, 0.5) is 9.59 Å². The van der Waals surface area contributed by atoms with Gasteiger partial charge in [0.1, 0.15) is 6.61 Å². The molecule has 0 spiro atoms. The smallest absolute Gasteiger partial charge is 0.412 e. The molecule has 146 valence electrons. The zero-order valence-electron chi connectivity index (χ0n) is 15.6. The Hall–Kier alpha value is -3.02. The monoisotopic (exact) mass is 380 g/mol. The van der Waals surface area contributed by atoms with Crippen LogP contribution in [0.1, 0.15) is 43.0 Å². The molecule has 0 aliphatic carbocycles. The Balaban J connectivity index is 1.40. The lowest BCUT2D eigenvalue weighted by Crippen LogP contribution is -2.40. The lowest BCUT2D eigenvalue weighted by Gasteiger charge is -2.26. The zero-order valence-corrected chi connectivity index (χ0v) is 15.6. The van der Waals surface area contributed by atoms with E-state index in [1.54, 1.807) is 0 Å². The molecule has 6 nitrogen and oxygen atoms in total. The van der Waals surface area contributed by atoms with Gasteiger partial charge in [-0.3, -0.25) is 5.32 Å². The maximum absolute atomic E-state index is 12.8. The number of hydrogen-bond acceptors (Lipinski definition) is 4. The number of hydrogen-bond donors (Lipinski definition) is 1. The average Bonchev–Trinajstić information content (AvgIpc) is 3.34.